The lowest BCUT2D eigenvalue weighted by Crippen LogP contribution is -2.22. The van der Waals surface area contributed by atoms with E-state index in [0.29, 0.717) is 5.56 Å². The van der Waals surface area contributed by atoms with Crippen molar-refractivity contribution in [2.45, 2.75) is 24.8 Å². The van der Waals surface area contributed by atoms with E-state index in [1.807, 2.05) is 0 Å². The first kappa shape index (κ1) is 16.9. The monoisotopic (exact) mass is 349 g/mol. The van der Waals surface area contributed by atoms with Crippen LogP contribution >= 0.6 is 0 Å². The van der Waals surface area contributed by atoms with Crippen molar-refractivity contribution in [1.82, 2.24) is 9.97 Å². The van der Waals surface area contributed by atoms with Crippen LogP contribution in [-0.2, 0) is 10.3 Å². The molecule has 2 aromatic rings. The van der Waals surface area contributed by atoms with Crippen molar-refractivity contribution in [3.8, 4) is 0 Å². The Hall–Kier alpha value is -2.97. The molecule has 25 heavy (non-hydrogen) atoms. The third-order valence-corrected chi connectivity index (χ3v) is 3.81. The van der Waals surface area contributed by atoms with Crippen LogP contribution in [0.4, 0.5) is 19.1 Å². The van der Waals surface area contributed by atoms with Crippen LogP contribution < -0.4 is 5.32 Å². The van der Waals surface area contributed by atoms with E-state index in [0.717, 1.165) is 12.8 Å². The molecule has 0 atom stereocenters. The number of hydrogen-bond acceptors (Lipinski definition) is 6. The Morgan fingerprint density at radius 2 is 1.80 bits per heavy atom. The van der Waals surface area contributed by atoms with Crippen LogP contribution in [0.2, 0.25) is 0 Å². The van der Waals surface area contributed by atoms with Crippen molar-refractivity contribution in [3.05, 3.63) is 53.6 Å². The highest BCUT2D eigenvalue weighted by Crippen LogP contribution is 2.48. The maximum absolute atomic E-state index is 14.0. The highest BCUT2D eigenvalue weighted by molar-refractivity contribution is 5.99. The van der Waals surface area contributed by atoms with Gasteiger partial charge < -0.3 is 10.1 Å². The summed E-state index contributed by atoms with van der Waals surface area (Å²) < 4.78 is 42.9. The summed E-state index contributed by atoms with van der Waals surface area (Å²) in [4.78, 5) is 8.02. The Labute approximate surface area is 141 Å². The summed E-state index contributed by atoms with van der Waals surface area (Å²) in [5, 5.41) is 17.5. The summed E-state index contributed by atoms with van der Waals surface area (Å²) in [5.41, 5.74) is 0.0186. The number of alkyl halides is 2. The van der Waals surface area contributed by atoms with E-state index in [1.165, 1.54) is 18.5 Å². The molecule has 1 aromatic carbocycles. The molecule has 9 heteroatoms. The van der Waals surface area contributed by atoms with Crippen LogP contribution in [0.5, 0.6) is 0 Å². The molecule has 0 bridgehead atoms. The van der Waals surface area contributed by atoms with Gasteiger partial charge in [0.15, 0.2) is 0 Å². The molecule has 0 saturated heterocycles. The molecule has 0 spiro atoms. The molecule has 0 unspecified atom stereocenters. The number of nitrogens with one attached hydrogen (secondary N) is 3. The van der Waals surface area contributed by atoms with Crippen molar-refractivity contribution < 1.29 is 17.9 Å². The number of nitrogens with zero attached hydrogens (tertiary/aromatic N) is 2. The quantitative estimate of drug-likeness (QED) is 0.570. The highest BCUT2D eigenvalue weighted by Gasteiger charge is 2.46. The maximum Gasteiger partial charge on any atom is 0.312 e. The summed E-state index contributed by atoms with van der Waals surface area (Å²) >= 11 is 0. The average molecular weight is 349 g/mol. The molecule has 3 N–H and O–H groups in total. The normalized spacial score (nSPS) is 14.9. The fourth-order valence-electron chi connectivity index (χ4n) is 2.37. The molecule has 130 valence electrons. The minimum atomic E-state index is -3.10. The van der Waals surface area contributed by atoms with Crippen LogP contribution in [0.25, 0.3) is 0 Å². The second-order valence-electron chi connectivity index (χ2n) is 5.58. The number of ether oxygens (including phenoxy) is 1. The lowest BCUT2D eigenvalue weighted by atomic mass is 10.0. The Morgan fingerprint density at radius 1 is 1.16 bits per heavy atom. The van der Waals surface area contributed by atoms with Gasteiger partial charge in [-0.3, -0.25) is 10.8 Å². The van der Waals surface area contributed by atoms with Crippen LogP contribution in [0.1, 0.15) is 24.0 Å². The maximum atomic E-state index is 14.0. The molecular weight excluding hydrogens is 335 g/mol. The van der Waals surface area contributed by atoms with Crippen molar-refractivity contribution >= 4 is 17.7 Å². The first-order chi connectivity index (χ1) is 11.9. The van der Waals surface area contributed by atoms with Crippen LogP contribution in [0, 0.1) is 16.6 Å². The first-order valence-corrected chi connectivity index (χ1v) is 7.40. The van der Waals surface area contributed by atoms with E-state index >= 15 is 0 Å². The van der Waals surface area contributed by atoms with E-state index < -0.39 is 23.8 Å². The Balaban J connectivity index is 1.70. The molecule has 3 rings (SSSR count). The second kappa shape index (κ2) is 6.50. The number of benzene rings is 1. The molecule has 1 aliphatic rings. The van der Waals surface area contributed by atoms with Gasteiger partial charge in [-0.2, -0.15) is 8.78 Å². The summed E-state index contributed by atoms with van der Waals surface area (Å²) in [6.45, 7) is 0. The minimum Gasteiger partial charge on any atom is -0.419 e. The van der Waals surface area contributed by atoms with E-state index in [1.54, 1.807) is 18.2 Å². The van der Waals surface area contributed by atoms with Crippen LogP contribution in [0.15, 0.2) is 36.7 Å². The number of aromatic nitrogens is 2. The molecule has 0 radical (unpaired) electrons. The molecule has 0 aliphatic heterocycles. The van der Waals surface area contributed by atoms with E-state index in [9.17, 15) is 13.2 Å². The Bertz CT molecular complexity index is 806. The van der Waals surface area contributed by atoms with E-state index in [2.05, 4.69) is 20.0 Å². The fourth-order valence-corrected chi connectivity index (χ4v) is 2.37. The highest BCUT2D eigenvalue weighted by atomic mass is 19.3. The Kier molecular flexibility index (Phi) is 4.39. The van der Waals surface area contributed by atoms with Crippen LogP contribution in [0.3, 0.4) is 0 Å². The fraction of sp³-hybridized carbons (Fsp3) is 0.250. The van der Waals surface area contributed by atoms with E-state index in [4.69, 9.17) is 10.8 Å². The van der Waals surface area contributed by atoms with Gasteiger partial charge in [0, 0.05) is 18.0 Å². The molecule has 6 nitrogen and oxygen atoms in total. The van der Waals surface area contributed by atoms with Crippen LogP contribution in [-0.4, -0.2) is 28.2 Å². The van der Waals surface area contributed by atoms with Gasteiger partial charge in [-0.25, -0.2) is 14.4 Å². The molecule has 1 heterocycles. The zero-order chi connectivity index (χ0) is 18.0. The van der Waals surface area contributed by atoms with Gasteiger partial charge in [0.2, 0.25) is 11.8 Å². The predicted octanol–water partition coefficient (Wildman–Crippen LogP) is 3.30. The SMILES string of the molecule is N=C(OC(=N)C(F)F)c1cnc(NC2(c3ccccc3F)CC2)nc1. The van der Waals surface area contributed by atoms with Crippen molar-refractivity contribution in [1.29, 1.82) is 10.8 Å². The van der Waals surface area contributed by atoms with Gasteiger partial charge >= 0.3 is 6.43 Å². The minimum absolute atomic E-state index is 0.0479. The zero-order valence-electron chi connectivity index (χ0n) is 12.9. The molecule has 1 saturated carbocycles. The summed E-state index contributed by atoms with van der Waals surface area (Å²) in [6.07, 6.45) is 0.784. The summed E-state index contributed by atoms with van der Waals surface area (Å²) in [6, 6.07) is 6.45. The third kappa shape index (κ3) is 3.59. The zero-order valence-corrected chi connectivity index (χ0v) is 12.9. The number of hydrogen-bond donors (Lipinski definition) is 3. The number of anilines is 1. The van der Waals surface area contributed by atoms with Gasteiger partial charge in [0.25, 0.3) is 5.90 Å². The van der Waals surface area contributed by atoms with Crippen molar-refractivity contribution in [2.24, 2.45) is 0 Å². The van der Waals surface area contributed by atoms with Crippen molar-refractivity contribution in [2.75, 3.05) is 5.32 Å². The molecule has 0 amide bonds. The summed E-state index contributed by atoms with van der Waals surface area (Å²) in [5.74, 6) is -2.05. The summed E-state index contributed by atoms with van der Waals surface area (Å²) in [7, 11) is 0. The lowest BCUT2D eigenvalue weighted by molar-refractivity contribution is 0.197. The van der Waals surface area contributed by atoms with Crippen molar-refractivity contribution in [3.63, 3.8) is 0 Å². The van der Waals surface area contributed by atoms with Gasteiger partial charge in [-0.1, -0.05) is 18.2 Å². The van der Waals surface area contributed by atoms with Gasteiger partial charge in [-0.15, -0.1) is 0 Å². The second-order valence-corrected chi connectivity index (χ2v) is 5.58. The number of halogens is 3. The molecular formula is C16H14F3N5O. The first-order valence-electron chi connectivity index (χ1n) is 7.40. The van der Waals surface area contributed by atoms with Gasteiger partial charge in [-0.05, 0) is 18.9 Å². The largest absolute Gasteiger partial charge is 0.419 e. The standard InChI is InChI=1S/C16H14F3N5O/c17-11-4-2-1-3-10(11)16(5-6-16)24-15-22-7-9(8-23-15)13(20)25-14(21)12(18)19/h1-4,7-8,12,20-21H,5-6H2,(H,22,23,24). The molecule has 1 aliphatic carbocycles. The van der Waals surface area contributed by atoms with Gasteiger partial charge in [0.1, 0.15) is 5.82 Å². The third-order valence-electron chi connectivity index (χ3n) is 3.81. The predicted molar refractivity (Wildman–Crippen MR) is 84.6 cm³/mol. The van der Waals surface area contributed by atoms with Gasteiger partial charge in [0.05, 0.1) is 11.1 Å². The number of rotatable bonds is 5. The smallest absolute Gasteiger partial charge is 0.312 e. The lowest BCUT2D eigenvalue weighted by Gasteiger charge is -2.18. The average Bonchev–Trinajstić information content (AvgIpc) is 3.36. The van der Waals surface area contributed by atoms with E-state index in [-0.39, 0.29) is 17.3 Å². The Morgan fingerprint density at radius 3 is 2.36 bits per heavy atom. The topological polar surface area (TPSA) is 94.7 Å². The molecule has 1 fully saturated rings. The molecule has 1 aromatic heterocycles.